The fourth-order valence-corrected chi connectivity index (χ4v) is 2.85. The second-order valence-corrected chi connectivity index (χ2v) is 6.56. The number of ether oxygens (including phenoxy) is 1. The van der Waals surface area contributed by atoms with Crippen molar-refractivity contribution in [2.45, 2.75) is 19.3 Å². The summed E-state index contributed by atoms with van der Waals surface area (Å²) in [4.78, 5) is 0. The molecule has 1 saturated carbocycles. The summed E-state index contributed by atoms with van der Waals surface area (Å²) in [7, 11) is 0. The highest BCUT2D eigenvalue weighted by Crippen LogP contribution is 2.48. The summed E-state index contributed by atoms with van der Waals surface area (Å²) in [6.07, 6.45) is 2.85. The lowest BCUT2D eigenvalue weighted by atomic mass is 10.0. The first-order chi connectivity index (χ1) is 9.56. The molecule has 0 heterocycles. The molecule has 0 amide bonds. The van der Waals surface area contributed by atoms with Crippen LogP contribution in [0.4, 0.5) is 0 Å². The van der Waals surface area contributed by atoms with Crippen LogP contribution in [-0.4, -0.2) is 12.4 Å². The molecule has 104 valence electrons. The fraction of sp³-hybridized carbons (Fsp3) is 0.312. The zero-order chi connectivity index (χ0) is 14.2. The van der Waals surface area contributed by atoms with Crippen LogP contribution in [0.25, 0.3) is 10.8 Å². The summed E-state index contributed by atoms with van der Waals surface area (Å²) in [5.74, 6) is 1.14. The lowest BCUT2D eigenvalue weighted by Gasteiger charge is -2.15. The maximum absolute atomic E-state index is 7.42. The molecule has 4 heteroatoms. The van der Waals surface area contributed by atoms with E-state index >= 15 is 0 Å². The average Bonchev–Trinajstić information content (AvgIpc) is 3.15. The van der Waals surface area contributed by atoms with Gasteiger partial charge in [-0.2, -0.15) is 0 Å². The second kappa shape index (κ2) is 5.09. The third kappa shape index (κ3) is 2.96. The monoisotopic (exact) mass is 332 g/mol. The minimum absolute atomic E-state index is 0.112. The Balaban J connectivity index is 1.72. The molecule has 1 aliphatic carbocycles. The topological polar surface area (TPSA) is 59.1 Å². The molecule has 1 fully saturated rings. The van der Waals surface area contributed by atoms with Crippen LogP contribution in [0.2, 0.25) is 0 Å². The summed E-state index contributed by atoms with van der Waals surface area (Å²) >= 11 is 3.48. The fourth-order valence-electron chi connectivity index (χ4n) is 2.47. The number of benzene rings is 2. The van der Waals surface area contributed by atoms with Crippen LogP contribution in [-0.2, 0) is 0 Å². The molecule has 0 spiro atoms. The van der Waals surface area contributed by atoms with Gasteiger partial charge in [0.1, 0.15) is 5.75 Å². The van der Waals surface area contributed by atoms with Crippen LogP contribution in [0, 0.1) is 10.8 Å². The predicted molar refractivity (Wildman–Crippen MR) is 85.3 cm³/mol. The van der Waals surface area contributed by atoms with Crippen molar-refractivity contribution in [3.8, 4) is 5.75 Å². The third-order valence-electron chi connectivity index (χ3n) is 3.84. The molecule has 0 atom stereocenters. The molecule has 3 rings (SSSR count). The Hall–Kier alpha value is -1.55. The molecular formula is C16H17BrN2O. The Kier molecular flexibility index (Phi) is 3.42. The van der Waals surface area contributed by atoms with E-state index in [4.69, 9.17) is 15.9 Å². The highest BCUT2D eigenvalue weighted by molar-refractivity contribution is 9.10. The summed E-state index contributed by atoms with van der Waals surface area (Å²) in [5, 5.41) is 9.78. The van der Waals surface area contributed by atoms with E-state index in [1.54, 1.807) is 0 Å². The first kappa shape index (κ1) is 13.4. The normalized spacial score (nSPS) is 16.1. The van der Waals surface area contributed by atoms with Gasteiger partial charge >= 0.3 is 0 Å². The summed E-state index contributed by atoms with van der Waals surface area (Å²) in [6, 6.07) is 12.3. The molecule has 0 bridgehead atoms. The van der Waals surface area contributed by atoms with Gasteiger partial charge in [-0.25, -0.2) is 0 Å². The van der Waals surface area contributed by atoms with Crippen molar-refractivity contribution in [1.82, 2.24) is 0 Å². The molecule has 0 aromatic heterocycles. The van der Waals surface area contributed by atoms with Gasteiger partial charge in [-0.05, 0) is 47.9 Å². The third-order valence-corrected chi connectivity index (χ3v) is 4.33. The van der Waals surface area contributed by atoms with Gasteiger partial charge < -0.3 is 10.5 Å². The van der Waals surface area contributed by atoms with Crippen molar-refractivity contribution in [3.63, 3.8) is 0 Å². The van der Waals surface area contributed by atoms with E-state index in [-0.39, 0.29) is 11.3 Å². The highest BCUT2D eigenvalue weighted by Gasteiger charge is 2.43. The van der Waals surface area contributed by atoms with Crippen molar-refractivity contribution in [1.29, 1.82) is 5.41 Å². The maximum atomic E-state index is 7.42. The number of nitrogens with two attached hydrogens (primary N) is 1. The van der Waals surface area contributed by atoms with Crippen LogP contribution in [0.5, 0.6) is 5.75 Å². The van der Waals surface area contributed by atoms with Gasteiger partial charge in [0.25, 0.3) is 0 Å². The van der Waals surface area contributed by atoms with E-state index in [1.807, 2.05) is 12.1 Å². The Bertz CT molecular complexity index is 665. The van der Waals surface area contributed by atoms with Crippen molar-refractivity contribution < 1.29 is 4.74 Å². The van der Waals surface area contributed by atoms with Gasteiger partial charge in [0.15, 0.2) is 0 Å². The molecule has 0 saturated heterocycles. The Morgan fingerprint density at radius 1 is 1.20 bits per heavy atom. The summed E-state index contributed by atoms with van der Waals surface area (Å²) < 4.78 is 6.99. The predicted octanol–water partition coefficient (Wildman–Crippen LogP) is 4.09. The molecule has 0 unspecified atom stereocenters. The molecule has 20 heavy (non-hydrogen) atoms. The van der Waals surface area contributed by atoms with Crippen LogP contribution in [0.15, 0.2) is 40.9 Å². The quantitative estimate of drug-likeness (QED) is 0.640. The number of rotatable bonds is 5. The van der Waals surface area contributed by atoms with Crippen molar-refractivity contribution in [3.05, 3.63) is 40.9 Å². The van der Waals surface area contributed by atoms with Crippen molar-refractivity contribution in [2.24, 2.45) is 11.1 Å². The molecule has 3 nitrogen and oxygen atoms in total. The van der Waals surface area contributed by atoms with E-state index in [0.29, 0.717) is 13.0 Å². The average molecular weight is 333 g/mol. The van der Waals surface area contributed by atoms with Crippen molar-refractivity contribution >= 4 is 32.5 Å². The van der Waals surface area contributed by atoms with Gasteiger partial charge in [0, 0.05) is 16.3 Å². The van der Waals surface area contributed by atoms with Crippen molar-refractivity contribution in [2.75, 3.05) is 6.61 Å². The molecule has 3 N–H and O–H groups in total. The Morgan fingerprint density at radius 3 is 2.60 bits per heavy atom. The van der Waals surface area contributed by atoms with Crippen LogP contribution < -0.4 is 10.5 Å². The number of nitrogens with one attached hydrogen (secondary N) is 1. The second-order valence-electron chi connectivity index (χ2n) is 5.64. The number of fused-ring (bicyclic) bond motifs is 1. The lowest BCUT2D eigenvalue weighted by Crippen LogP contribution is -2.21. The molecular weight excluding hydrogens is 316 g/mol. The standard InChI is InChI=1S/C16H17BrN2O/c17-13-3-1-12-8-14(4-2-11(12)7-13)20-10-16(5-6-16)9-15(18)19/h1-4,7-8H,5-6,9-10H2,(H3,18,19). The van der Waals surface area contributed by atoms with Crippen LogP contribution in [0.3, 0.4) is 0 Å². The van der Waals surface area contributed by atoms with E-state index in [2.05, 4.69) is 40.2 Å². The van der Waals surface area contributed by atoms with Gasteiger partial charge in [-0.3, -0.25) is 5.41 Å². The zero-order valence-corrected chi connectivity index (χ0v) is 12.7. The zero-order valence-electron chi connectivity index (χ0n) is 11.2. The Labute approximate surface area is 126 Å². The number of hydrogen-bond acceptors (Lipinski definition) is 2. The number of hydrogen-bond donors (Lipinski definition) is 2. The van der Waals surface area contributed by atoms with Gasteiger partial charge in [0.2, 0.25) is 0 Å². The minimum Gasteiger partial charge on any atom is -0.493 e. The molecule has 0 aliphatic heterocycles. The van der Waals surface area contributed by atoms with Crippen LogP contribution in [0.1, 0.15) is 19.3 Å². The molecule has 2 aromatic rings. The van der Waals surface area contributed by atoms with Gasteiger partial charge in [0.05, 0.1) is 12.4 Å². The van der Waals surface area contributed by atoms with Gasteiger partial charge in [-0.15, -0.1) is 0 Å². The largest absolute Gasteiger partial charge is 0.493 e. The molecule has 0 radical (unpaired) electrons. The maximum Gasteiger partial charge on any atom is 0.119 e. The molecule has 1 aliphatic rings. The SMILES string of the molecule is N=C(N)CC1(COc2ccc3cc(Br)ccc3c2)CC1. The summed E-state index contributed by atoms with van der Waals surface area (Å²) in [6.45, 7) is 0.647. The number of amidine groups is 1. The lowest BCUT2D eigenvalue weighted by molar-refractivity contribution is 0.239. The Morgan fingerprint density at radius 2 is 1.90 bits per heavy atom. The van der Waals surface area contributed by atoms with E-state index in [0.717, 1.165) is 23.1 Å². The van der Waals surface area contributed by atoms with E-state index in [1.165, 1.54) is 10.8 Å². The molecule has 2 aromatic carbocycles. The van der Waals surface area contributed by atoms with Crippen LogP contribution >= 0.6 is 15.9 Å². The van der Waals surface area contributed by atoms with Gasteiger partial charge in [-0.1, -0.05) is 28.1 Å². The smallest absolute Gasteiger partial charge is 0.119 e. The summed E-state index contributed by atoms with van der Waals surface area (Å²) in [5.41, 5.74) is 5.61. The van der Waals surface area contributed by atoms with E-state index < -0.39 is 0 Å². The number of halogens is 1. The first-order valence-corrected chi connectivity index (χ1v) is 7.51. The minimum atomic E-state index is 0.112. The highest BCUT2D eigenvalue weighted by atomic mass is 79.9. The van der Waals surface area contributed by atoms with E-state index in [9.17, 15) is 0 Å². The first-order valence-electron chi connectivity index (χ1n) is 6.71.